The molecule has 0 aromatic rings. The summed E-state index contributed by atoms with van der Waals surface area (Å²) >= 11 is 0. The van der Waals surface area contributed by atoms with Crippen molar-refractivity contribution in [1.29, 1.82) is 0 Å². The lowest BCUT2D eigenvalue weighted by Crippen LogP contribution is -2.35. The highest BCUT2D eigenvalue weighted by Gasteiger charge is 1.95. The van der Waals surface area contributed by atoms with E-state index in [2.05, 4.69) is 6.92 Å². The van der Waals surface area contributed by atoms with E-state index in [4.69, 9.17) is 11.5 Å². The monoisotopic (exact) mass is 131 g/mol. The molecule has 9 heavy (non-hydrogen) atoms. The van der Waals surface area contributed by atoms with Crippen LogP contribution in [0.5, 0.6) is 0 Å². The number of unbranched alkanes of at least 4 members (excludes halogenated alkanes) is 1. The van der Waals surface area contributed by atoms with Gasteiger partial charge in [0.05, 0.1) is 0 Å². The molecule has 0 rings (SSSR count). The maximum Gasteiger partial charge on any atom is 0.0467 e. The van der Waals surface area contributed by atoms with E-state index in [0.29, 0.717) is 13.3 Å². The molecule has 0 aromatic carbocycles. The summed E-state index contributed by atoms with van der Waals surface area (Å²) in [6.07, 6.45) is 2.39. The van der Waals surface area contributed by atoms with Crippen LogP contribution in [0, 0.1) is 0 Å². The van der Waals surface area contributed by atoms with Crippen LogP contribution in [0.15, 0.2) is 0 Å². The first-order chi connectivity index (χ1) is 4.35. The van der Waals surface area contributed by atoms with Crippen LogP contribution >= 0.6 is 0 Å². The van der Waals surface area contributed by atoms with Crippen LogP contribution in [0.4, 0.5) is 0 Å². The number of hydrogen-bond donors (Lipinski definition) is 2. The fourth-order valence-electron chi connectivity index (χ4n) is 0.639. The van der Waals surface area contributed by atoms with Gasteiger partial charge in [0.2, 0.25) is 0 Å². The zero-order valence-electron chi connectivity index (χ0n) is 6.14. The highest BCUT2D eigenvalue weighted by Crippen LogP contribution is 1.89. The van der Waals surface area contributed by atoms with Crippen molar-refractivity contribution in [3.8, 4) is 0 Å². The van der Waals surface area contributed by atoms with Gasteiger partial charge in [-0.05, 0) is 6.42 Å². The third-order valence-electron chi connectivity index (χ3n) is 1.34. The Kier molecular flexibility index (Phi) is 5.93. The van der Waals surface area contributed by atoms with Crippen LogP contribution in [0.1, 0.15) is 19.8 Å². The molecule has 0 aromatic heterocycles. The molecule has 0 saturated carbocycles. The molecule has 0 fully saturated rings. The lowest BCUT2D eigenvalue weighted by molar-refractivity contribution is 0.285. The summed E-state index contributed by atoms with van der Waals surface area (Å²) in [6, 6.07) is 0. The summed E-state index contributed by atoms with van der Waals surface area (Å²) < 4.78 is 0. The van der Waals surface area contributed by atoms with Crippen molar-refractivity contribution in [1.82, 2.24) is 4.90 Å². The Balaban J connectivity index is 3.09. The zero-order valence-corrected chi connectivity index (χ0v) is 6.14. The molecule has 0 heterocycles. The first-order valence-electron chi connectivity index (χ1n) is 3.47. The Labute approximate surface area is 57.0 Å². The van der Waals surface area contributed by atoms with Gasteiger partial charge >= 0.3 is 0 Å². The van der Waals surface area contributed by atoms with Gasteiger partial charge in [0.1, 0.15) is 0 Å². The van der Waals surface area contributed by atoms with Crippen LogP contribution in [0.25, 0.3) is 0 Å². The smallest absolute Gasteiger partial charge is 0.0467 e. The third kappa shape index (κ3) is 4.39. The van der Waals surface area contributed by atoms with Crippen LogP contribution in [-0.2, 0) is 0 Å². The molecule has 0 atom stereocenters. The van der Waals surface area contributed by atoms with E-state index < -0.39 is 0 Å². The van der Waals surface area contributed by atoms with E-state index in [1.54, 1.807) is 0 Å². The van der Waals surface area contributed by atoms with Gasteiger partial charge in [-0.2, -0.15) is 0 Å². The van der Waals surface area contributed by atoms with Gasteiger partial charge in [0, 0.05) is 19.9 Å². The first kappa shape index (κ1) is 8.88. The van der Waals surface area contributed by atoms with Crippen LogP contribution in [0.3, 0.4) is 0 Å². The van der Waals surface area contributed by atoms with E-state index in [-0.39, 0.29) is 0 Å². The summed E-state index contributed by atoms with van der Waals surface area (Å²) in [4.78, 5) is 2.02. The molecule has 0 saturated heterocycles. The van der Waals surface area contributed by atoms with Gasteiger partial charge in [-0.3, -0.25) is 4.90 Å². The van der Waals surface area contributed by atoms with E-state index in [9.17, 15) is 0 Å². The summed E-state index contributed by atoms with van der Waals surface area (Å²) in [6.45, 7) is 4.35. The Morgan fingerprint density at radius 3 is 2.11 bits per heavy atom. The van der Waals surface area contributed by atoms with Crippen molar-refractivity contribution >= 4 is 0 Å². The van der Waals surface area contributed by atoms with Crippen molar-refractivity contribution in [2.45, 2.75) is 19.8 Å². The minimum Gasteiger partial charge on any atom is -0.318 e. The van der Waals surface area contributed by atoms with E-state index in [0.717, 1.165) is 6.54 Å². The Bertz CT molecular complexity index is 52.3. The lowest BCUT2D eigenvalue weighted by atomic mass is 10.3. The van der Waals surface area contributed by atoms with E-state index in [1.165, 1.54) is 12.8 Å². The fraction of sp³-hybridized carbons (Fsp3) is 1.00. The molecule has 0 unspecified atom stereocenters. The quantitative estimate of drug-likeness (QED) is 0.513. The van der Waals surface area contributed by atoms with Crippen molar-refractivity contribution in [2.24, 2.45) is 11.5 Å². The van der Waals surface area contributed by atoms with Crippen LogP contribution < -0.4 is 11.5 Å². The van der Waals surface area contributed by atoms with Gasteiger partial charge in [-0.25, -0.2) is 0 Å². The lowest BCUT2D eigenvalue weighted by Gasteiger charge is -2.15. The molecular formula is C6H17N3. The summed E-state index contributed by atoms with van der Waals surface area (Å²) in [5.74, 6) is 0. The number of hydrogen-bond acceptors (Lipinski definition) is 3. The second-order valence-electron chi connectivity index (χ2n) is 2.11. The maximum absolute atomic E-state index is 5.37. The highest BCUT2D eigenvalue weighted by molar-refractivity contribution is 4.48. The number of rotatable bonds is 5. The largest absolute Gasteiger partial charge is 0.318 e. The van der Waals surface area contributed by atoms with Gasteiger partial charge < -0.3 is 11.5 Å². The van der Waals surface area contributed by atoms with Crippen molar-refractivity contribution in [2.75, 3.05) is 19.9 Å². The maximum atomic E-state index is 5.37. The number of nitrogens with zero attached hydrogens (tertiary/aromatic N) is 1. The summed E-state index contributed by atoms with van der Waals surface area (Å²) in [7, 11) is 0. The average Bonchev–Trinajstić information content (AvgIpc) is 1.91. The van der Waals surface area contributed by atoms with Gasteiger partial charge in [0.15, 0.2) is 0 Å². The summed E-state index contributed by atoms with van der Waals surface area (Å²) in [5.41, 5.74) is 10.7. The zero-order chi connectivity index (χ0) is 7.11. The Morgan fingerprint density at radius 1 is 1.22 bits per heavy atom. The molecule has 0 aliphatic heterocycles. The Hall–Kier alpha value is -0.120. The van der Waals surface area contributed by atoms with Crippen LogP contribution in [-0.4, -0.2) is 24.8 Å². The van der Waals surface area contributed by atoms with Crippen molar-refractivity contribution in [3.63, 3.8) is 0 Å². The first-order valence-corrected chi connectivity index (χ1v) is 3.47. The van der Waals surface area contributed by atoms with Gasteiger partial charge in [-0.1, -0.05) is 13.3 Å². The van der Waals surface area contributed by atoms with Crippen molar-refractivity contribution < 1.29 is 0 Å². The molecule has 0 spiro atoms. The number of nitrogens with two attached hydrogens (primary N) is 2. The third-order valence-corrected chi connectivity index (χ3v) is 1.34. The average molecular weight is 131 g/mol. The second kappa shape index (κ2) is 6.01. The molecule has 0 bridgehead atoms. The molecule has 4 N–H and O–H groups in total. The fourth-order valence-corrected chi connectivity index (χ4v) is 0.639. The van der Waals surface area contributed by atoms with Crippen molar-refractivity contribution in [3.05, 3.63) is 0 Å². The molecule has 0 radical (unpaired) electrons. The highest BCUT2D eigenvalue weighted by atomic mass is 15.2. The predicted octanol–water partition coefficient (Wildman–Crippen LogP) is -0.0791. The predicted molar refractivity (Wildman–Crippen MR) is 39.7 cm³/mol. The second-order valence-corrected chi connectivity index (χ2v) is 2.11. The molecular weight excluding hydrogens is 114 g/mol. The topological polar surface area (TPSA) is 55.3 Å². The van der Waals surface area contributed by atoms with Gasteiger partial charge in [0.25, 0.3) is 0 Å². The van der Waals surface area contributed by atoms with Crippen LogP contribution in [0.2, 0.25) is 0 Å². The molecule has 0 amide bonds. The molecule has 3 nitrogen and oxygen atoms in total. The summed E-state index contributed by atoms with van der Waals surface area (Å²) in [5, 5.41) is 0. The van der Waals surface area contributed by atoms with E-state index in [1.807, 2.05) is 4.90 Å². The Morgan fingerprint density at radius 2 is 1.78 bits per heavy atom. The van der Waals surface area contributed by atoms with E-state index >= 15 is 0 Å². The standard InChI is InChI=1S/C6H17N3/c1-2-3-4-9(5-7)6-8/h2-8H2,1H3. The molecule has 56 valence electrons. The molecule has 0 aliphatic carbocycles. The minimum absolute atomic E-state index is 0.580. The molecule has 3 heteroatoms. The molecule has 0 aliphatic rings. The SMILES string of the molecule is CCCCN(CN)CN. The minimum atomic E-state index is 0.580. The normalized spacial score (nSPS) is 10.7. The van der Waals surface area contributed by atoms with Gasteiger partial charge in [-0.15, -0.1) is 0 Å².